The van der Waals surface area contributed by atoms with Gasteiger partial charge in [0.05, 0.1) is 26.1 Å². The third-order valence-corrected chi connectivity index (χ3v) is 3.77. The molecule has 3 aromatic rings. The molecule has 1 heterocycles. The van der Waals surface area contributed by atoms with Gasteiger partial charge in [0.15, 0.2) is 11.4 Å². The monoisotopic (exact) mass is 337 g/mol. The maximum atomic E-state index is 12.5. The summed E-state index contributed by atoms with van der Waals surface area (Å²) >= 11 is 0. The van der Waals surface area contributed by atoms with Crippen LogP contribution in [0.25, 0.3) is 5.69 Å². The first-order valence-corrected chi connectivity index (χ1v) is 7.82. The van der Waals surface area contributed by atoms with Crippen molar-refractivity contribution in [3.8, 4) is 17.2 Å². The van der Waals surface area contributed by atoms with E-state index in [0.717, 1.165) is 17.0 Å². The molecule has 128 valence electrons. The highest BCUT2D eigenvalue weighted by Gasteiger charge is 2.18. The molecule has 0 unspecified atom stereocenters. The van der Waals surface area contributed by atoms with Gasteiger partial charge in [-0.15, -0.1) is 0 Å². The Hall–Kier alpha value is -3.28. The van der Waals surface area contributed by atoms with Gasteiger partial charge in [0.2, 0.25) is 0 Å². The minimum Gasteiger partial charge on any atom is -0.496 e. The van der Waals surface area contributed by atoms with E-state index in [9.17, 15) is 4.79 Å². The van der Waals surface area contributed by atoms with E-state index in [2.05, 4.69) is 10.4 Å². The molecular formula is C19H19N3O3. The third kappa shape index (κ3) is 3.63. The largest absolute Gasteiger partial charge is 0.496 e. The number of amides is 1. The van der Waals surface area contributed by atoms with Crippen molar-refractivity contribution in [1.82, 2.24) is 15.1 Å². The molecule has 6 heteroatoms. The van der Waals surface area contributed by atoms with Crippen LogP contribution >= 0.6 is 0 Å². The molecule has 0 saturated carbocycles. The van der Waals surface area contributed by atoms with Crippen LogP contribution in [0.3, 0.4) is 0 Å². The lowest BCUT2D eigenvalue weighted by molar-refractivity contribution is 0.0942. The van der Waals surface area contributed by atoms with Crippen molar-refractivity contribution >= 4 is 5.91 Å². The van der Waals surface area contributed by atoms with Gasteiger partial charge in [-0.25, -0.2) is 4.68 Å². The smallest absolute Gasteiger partial charge is 0.275 e. The van der Waals surface area contributed by atoms with Gasteiger partial charge in [0.25, 0.3) is 5.91 Å². The minimum absolute atomic E-state index is 0.237. The van der Waals surface area contributed by atoms with E-state index in [1.807, 2.05) is 54.6 Å². The number of hydrogen-bond donors (Lipinski definition) is 1. The fourth-order valence-corrected chi connectivity index (χ4v) is 2.49. The van der Waals surface area contributed by atoms with Crippen molar-refractivity contribution in [3.05, 3.63) is 72.1 Å². The topological polar surface area (TPSA) is 65.4 Å². The fourth-order valence-electron chi connectivity index (χ4n) is 2.49. The molecule has 0 fully saturated rings. The van der Waals surface area contributed by atoms with Crippen LogP contribution in [0.15, 0.2) is 60.8 Å². The molecule has 0 atom stereocenters. The predicted octanol–water partition coefficient (Wildman–Crippen LogP) is 2.82. The second-order valence-electron chi connectivity index (χ2n) is 5.32. The highest BCUT2D eigenvalue weighted by molar-refractivity contribution is 5.94. The van der Waals surface area contributed by atoms with Crippen molar-refractivity contribution in [2.24, 2.45) is 0 Å². The van der Waals surface area contributed by atoms with Gasteiger partial charge < -0.3 is 14.8 Å². The standard InChI is InChI=1S/C19H19N3O3/c1-24-16-11-7-6-8-14(16)12-20-19(23)18-17(25-2)13-22(21-18)15-9-4-3-5-10-15/h3-11,13H,12H2,1-2H3,(H,20,23). The van der Waals surface area contributed by atoms with Crippen LogP contribution in [-0.4, -0.2) is 29.9 Å². The SMILES string of the molecule is COc1ccccc1CNC(=O)c1nn(-c2ccccc2)cc1OC. The summed E-state index contributed by atoms with van der Waals surface area (Å²) in [6.45, 7) is 0.337. The van der Waals surface area contributed by atoms with Gasteiger partial charge in [-0.1, -0.05) is 36.4 Å². The van der Waals surface area contributed by atoms with Crippen LogP contribution in [0.1, 0.15) is 16.1 Å². The lowest BCUT2D eigenvalue weighted by Gasteiger charge is -2.09. The fraction of sp³-hybridized carbons (Fsp3) is 0.158. The Kier molecular flexibility index (Phi) is 4.99. The number of benzene rings is 2. The number of ether oxygens (including phenoxy) is 2. The number of carbonyl (C=O) groups is 1. The normalized spacial score (nSPS) is 10.3. The summed E-state index contributed by atoms with van der Waals surface area (Å²) in [7, 11) is 3.12. The van der Waals surface area contributed by atoms with Gasteiger partial charge in [0, 0.05) is 12.1 Å². The molecule has 1 N–H and O–H groups in total. The van der Waals surface area contributed by atoms with Gasteiger partial charge >= 0.3 is 0 Å². The lowest BCUT2D eigenvalue weighted by atomic mass is 10.2. The molecule has 25 heavy (non-hydrogen) atoms. The van der Waals surface area contributed by atoms with E-state index in [1.165, 1.54) is 7.11 Å². The van der Waals surface area contributed by atoms with Crippen LogP contribution in [0, 0.1) is 0 Å². The number of para-hydroxylation sites is 2. The first-order valence-electron chi connectivity index (χ1n) is 7.82. The van der Waals surface area contributed by atoms with Crippen molar-refractivity contribution in [3.63, 3.8) is 0 Å². The molecule has 0 saturated heterocycles. The van der Waals surface area contributed by atoms with Crippen molar-refractivity contribution in [1.29, 1.82) is 0 Å². The number of carbonyl (C=O) groups excluding carboxylic acids is 1. The molecule has 0 aliphatic heterocycles. The van der Waals surface area contributed by atoms with Crippen LogP contribution in [0.4, 0.5) is 0 Å². The number of nitrogens with zero attached hydrogens (tertiary/aromatic N) is 2. The highest BCUT2D eigenvalue weighted by atomic mass is 16.5. The van der Waals surface area contributed by atoms with E-state index in [4.69, 9.17) is 9.47 Å². The highest BCUT2D eigenvalue weighted by Crippen LogP contribution is 2.20. The Labute approximate surface area is 146 Å². The molecule has 0 aliphatic carbocycles. The Morgan fingerprint density at radius 3 is 2.40 bits per heavy atom. The first-order chi connectivity index (χ1) is 12.2. The summed E-state index contributed by atoms with van der Waals surface area (Å²) in [5, 5.41) is 7.21. The summed E-state index contributed by atoms with van der Waals surface area (Å²) in [6, 6.07) is 17.1. The van der Waals surface area contributed by atoms with E-state index in [0.29, 0.717) is 12.3 Å². The molecule has 3 rings (SSSR count). The molecule has 0 aliphatic rings. The number of hydrogen-bond acceptors (Lipinski definition) is 4. The maximum absolute atomic E-state index is 12.5. The number of methoxy groups -OCH3 is 2. The zero-order valence-electron chi connectivity index (χ0n) is 14.1. The number of nitrogens with one attached hydrogen (secondary N) is 1. The van der Waals surface area contributed by atoms with E-state index < -0.39 is 0 Å². The van der Waals surface area contributed by atoms with E-state index in [1.54, 1.807) is 18.0 Å². The molecule has 6 nitrogen and oxygen atoms in total. The molecule has 1 aromatic heterocycles. The zero-order chi connectivity index (χ0) is 17.6. The van der Waals surface area contributed by atoms with Crippen LogP contribution in [0.2, 0.25) is 0 Å². The molecule has 0 bridgehead atoms. The molecular weight excluding hydrogens is 318 g/mol. The van der Waals surface area contributed by atoms with E-state index >= 15 is 0 Å². The van der Waals surface area contributed by atoms with Gasteiger partial charge in [-0.2, -0.15) is 5.10 Å². The van der Waals surface area contributed by atoms with Crippen molar-refractivity contribution < 1.29 is 14.3 Å². The Bertz CT molecular complexity index is 859. The third-order valence-electron chi connectivity index (χ3n) is 3.77. The summed E-state index contributed by atoms with van der Waals surface area (Å²) < 4.78 is 12.2. The molecule has 0 radical (unpaired) electrons. The zero-order valence-corrected chi connectivity index (χ0v) is 14.1. The average molecular weight is 337 g/mol. The van der Waals surface area contributed by atoms with Crippen LogP contribution < -0.4 is 14.8 Å². The number of aromatic nitrogens is 2. The summed E-state index contributed by atoms with van der Waals surface area (Å²) in [4.78, 5) is 12.5. The number of rotatable bonds is 6. The van der Waals surface area contributed by atoms with E-state index in [-0.39, 0.29) is 11.6 Å². The minimum atomic E-state index is -0.308. The van der Waals surface area contributed by atoms with Gasteiger partial charge in [-0.3, -0.25) is 4.79 Å². The average Bonchev–Trinajstić information content (AvgIpc) is 3.11. The predicted molar refractivity (Wildman–Crippen MR) is 94.3 cm³/mol. The summed E-state index contributed by atoms with van der Waals surface area (Å²) in [6.07, 6.45) is 1.69. The van der Waals surface area contributed by atoms with Gasteiger partial charge in [0.1, 0.15) is 5.75 Å². The molecule has 2 aromatic carbocycles. The second-order valence-corrected chi connectivity index (χ2v) is 5.32. The summed E-state index contributed by atoms with van der Waals surface area (Å²) in [5.41, 5.74) is 1.98. The van der Waals surface area contributed by atoms with Crippen LogP contribution in [-0.2, 0) is 6.54 Å². The van der Waals surface area contributed by atoms with Crippen molar-refractivity contribution in [2.45, 2.75) is 6.54 Å². The second kappa shape index (κ2) is 7.53. The van der Waals surface area contributed by atoms with Crippen LogP contribution in [0.5, 0.6) is 11.5 Å². The molecule has 0 spiro atoms. The quantitative estimate of drug-likeness (QED) is 0.751. The summed E-state index contributed by atoms with van der Waals surface area (Å²) in [5.74, 6) is 0.836. The van der Waals surface area contributed by atoms with Gasteiger partial charge in [-0.05, 0) is 18.2 Å². The maximum Gasteiger partial charge on any atom is 0.275 e. The molecule has 1 amide bonds. The van der Waals surface area contributed by atoms with Crippen molar-refractivity contribution in [2.75, 3.05) is 14.2 Å². The first kappa shape index (κ1) is 16.6. The Morgan fingerprint density at radius 2 is 1.68 bits per heavy atom. The Morgan fingerprint density at radius 1 is 1.00 bits per heavy atom. The lowest BCUT2D eigenvalue weighted by Crippen LogP contribution is -2.24. The Balaban J connectivity index is 1.79.